The molecule has 2 aromatic carbocycles. The molecule has 4 heteroatoms. The van der Waals surface area contributed by atoms with Gasteiger partial charge in [-0.3, -0.25) is 4.79 Å². The Morgan fingerprint density at radius 1 is 1.04 bits per heavy atom. The molecule has 2 N–H and O–H groups in total. The molecule has 2 aromatic rings. The summed E-state index contributed by atoms with van der Waals surface area (Å²) in [6, 6.07) is 15.1. The number of rotatable bonds is 6. The first kappa shape index (κ1) is 17.5. The van der Waals surface area contributed by atoms with E-state index in [-0.39, 0.29) is 12.5 Å². The number of benzene rings is 2. The lowest BCUT2D eigenvalue weighted by molar-refractivity contribution is -0.125. The molecule has 0 saturated carbocycles. The van der Waals surface area contributed by atoms with Gasteiger partial charge in [-0.15, -0.1) is 0 Å². The first-order valence-corrected chi connectivity index (χ1v) is 8.04. The van der Waals surface area contributed by atoms with Crippen LogP contribution < -0.4 is 5.32 Å². The third kappa shape index (κ3) is 4.57. The zero-order valence-electron chi connectivity index (χ0n) is 13.5. The number of aliphatic hydroxyl groups excluding tert-OH is 1. The quantitative estimate of drug-likeness (QED) is 0.851. The summed E-state index contributed by atoms with van der Waals surface area (Å²) < 4.78 is 0. The van der Waals surface area contributed by atoms with Crippen molar-refractivity contribution < 1.29 is 9.90 Å². The Morgan fingerprint density at radius 3 is 2.17 bits per heavy atom. The van der Waals surface area contributed by atoms with Gasteiger partial charge in [0, 0.05) is 11.6 Å². The van der Waals surface area contributed by atoms with Crippen molar-refractivity contribution in [2.45, 2.75) is 32.3 Å². The third-order valence-electron chi connectivity index (χ3n) is 4.04. The van der Waals surface area contributed by atoms with Crippen molar-refractivity contribution in [1.29, 1.82) is 0 Å². The highest BCUT2D eigenvalue weighted by molar-refractivity contribution is 6.30. The van der Waals surface area contributed by atoms with Crippen LogP contribution in [-0.2, 0) is 23.2 Å². The fourth-order valence-corrected chi connectivity index (χ4v) is 2.48. The van der Waals surface area contributed by atoms with Gasteiger partial charge in [-0.25, -0.2) is 0 Å². The molecule has 0 saturated heterocycles. The number of amides is 1. The Bertz CT molecular complexity index is 648. The molecule has 0 radical (unpaired) electrons. The van der Waals surface area contributed by atoms with Crippen LogP contribution in [0.3, 0.4) is 0 Å². The number of halogens is 1. The molecule has 0 aliphatic rings. The number of hydrogen-bond acceptors (Lipinski definition) is 2. The molecule has 23 heavy (non-hydrogen) atoms. The average Bonchev–Trinajstić information content (AvgIpc) is 2.55. The van der Waals surface area contributed by atoms with Crippen molar-refractivity contribution in [3.05, 3.63) is 70.2 Å². The largest absolute Gasteiger partial charge is 0.392 e. The van der Waals surface area contributed by atoms with Gasteiger partial charge in [0.15, 0.2) is 0 Å². The number of nitrogens with one attached hydrogen (secondary N) is 1. The second kappa shape index (κ2) is 7.62. The number of hydrogen-bond donors (Lipinski definition) is 2. The lowest BCUT2D eigenvalue weighted by Gasteiger charge is -2.24. The average molecular weight is 332 g/mol. The molecule has 3 nitrogen and oxygen atoms in total. The van der Waals surface area contributed by atoms with Crippen LogP contribution in [0, 0.1) is 0 Å². The summed E-state index contributed by atoms with van der Waals surface area (Å²) in [5.41, 5.74) is 2.35. The maximum Gasteiger partial charge on any atom is 0.230 e. The molecule has 2 rings (SSSR count). The Kier molecular flexibility index (Phi) is 5.80. The van der Waals surface area contributed by atoms with Gasteiger partial charge in [0.25, 0.3) is 0 Å². The Labute approximate surface area is 142 Å². The minimum Gasteiger partial charge on any atom is -0.392 e. The van der Waals surface area contributed by atoms with Crippen molar-refractivity contribution in [3.8, 4) is 0 Å². The van der Waals surface area contributed by atoms with Crippen molar-refractivity contribution in [2.24, 2.45) is 0 Å². The SMILES string of the molecule is CC(C)(C(=O)NCCc1ccc(CO)cc1)c1ccc(Cl)cc1. The highest BCUT2D eigenvalue weighted by Gasteiger charge is 2.29. The molecule has 0 unspecified atom stereocenters. The highest BCUT2D eigenvalue weighted by atomic mass is 35.5. The summed E-state index contributed by atoms with van der Waals surface area (Å²) in [7, 11) is 0. The van der Waals surface area contributed by atoms with E-state index in [4.69, 9.17) is 16.7 Å². The zero-order valence-corrected chi connectivity index (χ0v) is 14.2. The minimum atomic E-state index is -0.606. The Hall–Kier alpha value is -1.84. The summed E-state index contributed by atoms with van der Waals surface area (Å²) >= 11 is 5.90. The topological polar surface area (TPSA) is 49.3 Å². The molecule has 0 aromatic heterocycles. The van der Waals surface area contributed by atoms with E-state index in [0.29, 0.717) is 11.6 Å². The lowest BCUT2D eigenvalue weighted by atomic mass is 9.83. The normalized spacial score (nSPS) is 11.3. The van der Waals surface area contributed by atoms with Gasteiger partial charge in [-0.05, 0) is 49.1 Å². The zero-order chi connectivity index (χ0) is 16.9. The van der Waals surface area contributed by atoms with Gasteiger partial charge >= 0.3 is 0 Å². The summed E-state index contributed by atoms with van der Waals surface area (Å²) in [6.45, 7) is 4.43. The molecule has 122 valence electrons. The van der Waals surface area contributed by atoms with Gasteiger partial charge in [0.05, 0.1) is 12.0 Å². The first-order valence-electron chi connectivity index (χ1n) is 7.66. The maximum atomic E-state index is 12.5. The van der Waals surface area contributed by atoms with Crippen LogP contribution in [0.2, 0.25) is 5.02 Å². The number of carbonyl (C=O) groups excluding carboxylic acids is 1. The van der Waals surface area contributed by atoms with Crippen LogP contribution in [0.25, 0.3) is 0 Å². The molecular weight excluding hydrogens is 310 g/mol. The molecule has 1 amide bonds. The van der Waals surface area contributed by atoms with Gasteiger partial charge in [0.1, 0.15) is 0 Å². The van der Waals surface area contributed by atoms with Crippen LogP contribution in [0.5, 0.6) is 0 Å². The molecule has 0 bridgehead atoms. The predicted molar refractivity (Wildman–Crippen MR) is 93.6 cm³/mol. The van der Waals surface area contributed by atoms with Crippen molar-refractivity contribution >= 4 is 17.5 Å². The second-order valence-corrected chi connectivity index (χ2v) is 6.55. The van der Waals surface area contributed by atoms with Gasteiger partial charge in [0.2, 0.25) is 5.91 Å². The van der Waals surface area contributed by atoms with E-state index in [0.717, 1.165) is 23.1 Å². The van der Waals surface area contributed by atoms with Crippen LogP contribution in [-0.4, -0.2) is 17.6 Å². The van der Waals surface area contributed by atoms with Crippen LogP contribution in [0.4, 0.5) is 0 Å². The molecule has 0 fully saturated rings. The van der Waals surface area contributed by atoms with Crippen LogP contribution >= 0.6 is 11.6 Å². The Balaban J connectivity index is 1.91. The molecule has 0 aliphatic carbocycles. The summed E-state index contributed by atoms with van der Waals surface area (Å²) in [5, 5.41) is 12.7. The molecular formula is C19H22ClNO2. The first-order chi connectivity index (χ1) is 10.9. The standard InChI is InChI=1S/C19H22ClNO2/c1-19(2,16-7-9-17(20)10-8-16)18(23)21-12-11-14-3-5-15(13-22)6-4-14/h3-10,22H,11-13H2,1-2H3,(H,21,23). The molecule has 0 heterocycles. The van der Waals surface area contributed by atoms with E-state index >= 15 is 0 Å². The van der Waals surface area contributed by atoms with Crippen molar-refractivity contribution in [2.75, 3.05) is 6.54 Å². The second-order valence-electron chi connectivity index (χ2n) is 6.11. The maximum absolute atomic E-state index is 12.5. The summed E-state index contributed by atoms with van der Waals surface area (Å²) in [5.74, 6) is -0.00759. The monoisotopic (exact) mass is 331 g/mol. The summed E-state index contributed by atoms with van der Waals surface area (Å²) in [4.78, 5) is 12.5. The highest BCUT2D eigenvalue weighted by Crippen LogP contribution is 2.24. The van der Waals surface area contributed by atoms with E-state index in [1.807, 2.05) is 50.2 Å². The van der Waals surface area contributed by atoms with E-state index in [2.05, 4.69) is 5.32 Å². The van der Waals surface area contributed by atoms with Crippen molar-refractivity contribution in [1.82, 2.24) is 5.32 Å². The van der Waals surface area contributed by atoms with Crippen LogP contribution in [0.1, 0.15) is 30.5 Å². The molecule has 0 aliphatic heterocycles. The van der Waals surface area contributed by atoms with E-state index in [9.17, 15) is 4.79 Å². The smallest absolute Gasteiger partial charge is 0.230 e. The minimum absolute atomic E-state index is 0.00759. The summed E-state index contributed by atoms with van der Waals surface area (Å²) in [6.07, 6.45) is 0.758. The van der Waals surface area contributed by atoms with Gasteiger partial charge in [-0.2, -0.15) is 0 Å². The number of aliphatic hydroxyl groups is 1. The number of carbonyl (C=O) groups is 1. The fourth-order valence-electron chi connectivity index (χ4n) is 2.35. The van der Waals surface area contributed by atoms with E-state index in [1.165, 1.54) is 0 Å². The Morgan fingerprint density at radius 2 is 1.61 bits per heavy atom. The van der Waals surface area contributed by atoms with Crippen molar-refractivity contribution in [3.63, 3.8) is 0 Å². The van der Waals surface area contributed by atoms with Gasteiger partial charge < -0.3 is 10.4 Å². The lowest BCUT2D eigenvalue weighted by Crippen LogP contribution is -2.40. The fraction of sp³-hybridized carbons (Fsp3) is 0.316. The van der Waals surface area contributed by atoms with E-state index in [1.54, 1.807) is 12.1 Å². The molecule has 0 spiro atoms. The predicted octanol–water partition coefficient (Wildman–Crippen LogP) is 3.47. The van der Waals surface area contributed by atoms with Gasteiger partial charge in [-0.1, -0.05) is 48.0 Å². The third-order valence-corrected chi connectivity index (χ3v) is 4.29. The molecule has 0 atom stereocenters. The van der Waals surface area contributed by atoms with Crippen LogP contribution in [0.15, 0.2) is 48.5 Å². The van der Waals surface area contributed by atoms with E-state index < -0.39 is 5.41 Å².